The summed E-state index contributed by atoms with van der Waals surface area (Å²) in [5, 5.41) is 2.86. The number of aromatic amines is 1. The third kappa shape index (κ3) is 5.88. The highest BCUT2D eigenvalue weighted by Crippen LogP contribution is 2.31. The Morgan fingerprint density at radius 3 is 2.55 bits per heavy atom. The van der Waals surface area contributed by atoms with Gasteiger partial charge in [0.05, 0.1) is 48.4 Å². The zero-order valence-electron chi connectivity index (χ0n) is 23.7. The molecule has 2 aliphatic rings. The number of carbonyl (C=O) groups excluding carboxylic acids is 1. The Bertz CT molecular complexity index is 1620. The van der Waals surface area contributed by atoms with Crippen LogP contribution >= 0.6 is 0 Å². The fourth-order valence-electron chi connectivity index (χ4n) is 5.57. The number of pyridine rings is 2. The number of hydrogen-bond donors (Lipinski definition) is 4. The van der Waals surface area contributed by atoms with Gasteiger partial charge in [-0.3, -0.25) is 14.5 Å². The van der Waals surface area contributed by atoms with Gasteiger partial charge in [-0.05, 0) is 43.7 Å². The Balaban J connectivity index is 1.49. The van der Waals surface area contributed by atoms with Crippen molar-refractivity contribution in [3.63, 3.8) is 0 Å². The van der Waals surface area contributed by atoms with E-state index in [1.807, 2.05) is 34.6 Å². The lowest BCUT2D eigenvalue weighted by Gasteiger charge is -2.37. The van der Waals surface area contributed by atoms with E-state index in [0.717, 1.165) is 16.8 Å². The van der Waals surface area contributed by atoms with Crippen molar-refractivity contribution in [2.45, 2.75) is 26.6 Å². The molecular formula is C29H34F3N7O3. The van der Waals surface area contributed by atoms with Crippen molar-refractivity contribution < 1.29 is 22.7 Å². The van der Waals surface area contributed by atoms with Crippen molar-refractivity contribution in [2.75, 3.05) is 46.4 Å². The van der Waals surface area contributed by atoms with Crippen molar-refractivity contribution >= 4 is 22.8 Å². The number of rotatable bonds is 8. The van der Waals surface area contributed by atoms with Gasteiger partial charge in [-0.1, -0.05) is 6.58 Å². The third-order valence-electron chi connectivity index (χ3n) is 7.68. The summed E-state index contributed by atoms with van der Waals surface area (Å²) in [5.41, 5.74) is 11.6. The number of hydrazine groups is 1. The van der Waals surface area contributed by atoms with E-state index in [-0.39, 0.29) is 31.1 Å². The third-order valence-corrected chi connectivity index (χ3v) is 7.68. The Morgan fingerprint density at radius 1 is 1.17 bits per heavy atom. The molecule has 4 N–H and O–H groups in total. The van der Waals surface area contributed by atoms with E-state index in [0.29, 0.717) is 59.2 Å². The summed E-state index contributed by atoms with van der Waals surface area (Å²) in [6, 6.07) is 5.44. The summed E-state index contributed by atoms with van der Waals surface area (Å²) in [4.78, 5) is 32.3. The summed E-state index contributed by atoms with van der Waals surface area (Å²) in [7, 11) is 1.47. The predicted octanol–water partition coefficient (Wildman–Crippen LogP) is 2.78. The van der Waals surface area contributed by atoms with Crippen molar-refractivity contribution in [2.24, 2.45) is 0 Å². The maximum Gasteiger partial charge on any atom is 0.401 e. The van der Waals surface area contributed by atoms with Crippen LogP contribution in [0.4, 0.5) is 13.2 Å². The van der Waals surface area contributed by atoms with Crippen LogP contribution in [0.2, 0.25) is 0 Å². The van der Waals surface area contributed by atoms with Gasteiger partial charge in [-0.25, -0.2) is 5.43 Å². The van der Waals surface area contributed by atoms with Gasteiger partial charge < -0.3 is 29.8 Å². The molecule has 0 aromatic carbocycles. The molecule has 0 atom stereocenters. The van der Waals surface area contributed by atoms with Crippen LogP contribution < -0.4 is 26.5 Å². The smallest absolute Gasteiger partial charge is 0.401 e. The van der Waals surface area contributed by atoms with E-state index < -0.39 is 12.7 Å². The number of nitrogens with zero attached hydrogens (tertiary/aromatic N) is 3. The number of aromatic nitrogens is 2. The van der Waals surface area contributed by atoms with Crippen LogP contribution in [0.5, 0.6) is 5.75 Å². The van der Waals surface area contributed by atoms with Crippen molar-refractivity contribution in [1.29, 1.82) is 0 Å². The SMILES string of the molecule is C=C(c1c(C)c(C(=O)NCc2c(OC)cc(C)[nH]c2=O)cc2c(C3=CCNN3)ccn12)N1CCN(CC(F)(F)F)CC1. The van der Waals surface area contributed by atoms with Gasteiger partial charge in [0, 0.05) is 55.7 Å². The number of methoxy groups -OCH3 is 1. The molecule has 1 amide bonds. The van der Waals surface area contributed by atoms with Crippen molar-refractivity contribution in [3.05, 3.63) is 81.0 Å². The Morgan fingerprint density at radius 2 is 1.90 bits per heavy atom. The second-order valence-corrected chi connectivity index (χ2v) is 10.5. The standard InChI is InChI=1S/C29H34F3N7O3/c1-17-13-25(42-4)22(28(41)35-17)15-33-27(40)21-14-24-20(23-5-7-34-36-23)6-8-39(24)26(18(21)2)19(3)38-11-9-37(10-12-38)16-29(30,31)32/h5-6,8,13-14,34,36H,3,7,9-12,15-16H2,1-2,4H3,(H,33,40)(H,35,41). The highest BCUT2D eigenvalue weighted by atomic mass is 19.4. The maximum atomic E-state index is 13.7. The summed E-state index contributed by atoms with van der Waals surface area (Å²) < 4.78 is 46.1. The average molecular weight is 586 g/mol. The van der Waals surface area contributed by atoms with E-state index in [9.17, 15) is 22.8 Å². The molecule has 5 heterocycles. The number of hydrogen-bond acceptors (Lipinski definition) is 7. The summed E-state index contributed by atoms with van der Waals surface area (Å²) in [6.45, 7) is 8.76. The van der Waals surface area contributed by atoms with E-state index in [1.165, 1.54) is 12.0 Å². The van der Waals surface area contributed by atoms with Gasteiger partial charge in [-0.15, -0.1) is 0 Å². The Kier molecular flexibility index (Phi) is 8.06. The molecule has 13 heteroatoms. The number of alkyl halides is 3. The molecule has 0 bridgehead atoms. The highest BCUT2D eigenvalue weighted by molar-refractivity contribution is 5.99. The number of amides is 1. The van der Waals surface area contributed by atoms with Crippen LogP contribution in [-0.2, 0) is 6.54 Å². The molecule has 0 unspecified atom stereocenters. The average Bonchev–Trinajstić information content (AvgIpc) is 3.61. The molecule has 5 rings (SSSR count). The molecule has 2 aliphatic heterocycles. The first-order chi connectivity index (χ1) is 20.0. The minimum absolute atomic E-state index is 0.0514. The van der Waals surface area contributed by atoms with Crippen LogP contribution in [0.3, 0.4) is 0 Å². The number of halogens is 3. The number of H-pyrrole nitrogens is 1. The minimum Gasteiger partial charge on any atom is -0.496 e. The van der Waals surface area contributed by atoms with Crippen LogP contribution in [0, 0.1) is 13.8 Å². The minimum atomic E-state index is -4.25. The van der Waals surface area contributed by atoms with Gasteiger partial charge >= 0.3 is 6.18 Å². The molecule has 0 radical (unpaired) electrons. The maximum absolute atomic E-state index is 13.7. The molecule has 3 aromatic rings. The van der Waals surface area contributed by atoms with E-state index in [4.69, 9.17) is 4.74 Å². The number of aryl methyl sites for hydroxylation is 1. The zero-order valence-corrected chi connectivity index (χ0v) is 23.7. The van der Waals surface area contributed by atoms with Crippen LogP contribution in [0.15, 0.2) is 41.8 Å². The zero-order chi connectivity index (χ0) is 30.2. The molecule has 42 heavy (non-hydrogen) atoms. The number of piperazine rings is 1. The van der Waals surface area contributed by atoms with Gasteiger partial charge in [-0.2, -0.15) is 13.2 Å². The Labute approximate surface area is 240 Å². The molecule has 1 fully saturated rings. The summed E-state index contributed by atoms with van der Waals surface area (Å²) in [6.07, 6.45) is -0.354. The predicted molar refractivity (Wildman–Crippen MR) is 154 cm³/mol. The molecule has 0 aliphatic carbocycles. The normalized spacial score (nSPS) is 16.0. The molecule has 10 nitrogen and oxygen atoms in total. The van der Waals surface area contributed by atoms with E-state index in [1.54, 1.807) is 19.1 Å². The molecular weight excluding hydrogens is 551 g/mol. The topological polar surface area (TPSA) is 106 Å². The van der Waals surface area contributed by atoms with E-state index >= 15 is 0 Å². The lowest BCUT2D eigenvalue weighted by Crippen LogP contribution is -2.48. The van der Waals surface area contributed by atoms with E-state index in [2.05, 4.69) is 27.7 Å². The lowest BCUT2D eigenvalue weighted by atomic mass is 10.0. The van der Waals surface area contributed by atoms with Crippen LogP contribution in [0.1, 0.15) is 38.4 Å². The number of ether oxygens (including phenoxy) is 1. The largest absolute Gasteiger partial charge is 0.496 e. The highest BCUT2D eigenvalue weighted by Gasteiger charge is 2.33. The monoisotopic (exact) mass is 585 g/mol. The van der Waals surface area contributed by atoms with Crippen LogP contribution in [0.25, 0.3) is 16.9 Å². The van der Waals surface area contributed by atoms with Crippen molar-refractivity contribution in [3.8, 4) is 5.75 Å². The molecule has 224 valence electrons. The number of carbonyl (C=O) groups is 1. The first kappa shape index (κ1) is 29.3. The van der Waals surface area contributed by atoms with Gasteiger partial charge in [0.1, 0.15) is 5.75 Å². The fourth-order valence-corrected chi connectivity index (χ4v) is 5.57. The molecule has 1 saturated heterocycles. The lowest BCUT2D eigenvalue weighted by molar-refractivity contribution is -0.148. The first-order valence-electron chi connectivity index (χ1n) is 13.6. The summed E-state index contributed by atoms with van der Waals surface area (Å²) >= 11 is 0. The number of nitrogens with one attached hydrogen (secondary N) is 4. The fraction of sp³-hybridized carbons (Fsp3) is 0.379. The molecule has 3 aromatic heterocycles. The van der Waals surface area contributed by atoms with Gasteiger partial charge in [0.25, 0.3) is 11.5 Å². The van der Waals surface area contributed by atoms with Crippen molar-refractivity contribution in [1.82, 2.24) is 35.4 Å². The second-order valence-electron chi connectivity index (χ2n) is 10.5. The second kappa shape index (κ2) is 11.6. The van der Waals surface area contributed by atoms with Gasteiger partial charge in [0.2, 0.25) is 0 Å². The number of fused-ring (bicyclic) bond motifs is 1. The van der Waals surface area contributed by atoms with Crippen LogP contribution in [-0.4, -0.2) is 77.6 Å². The summed E-state index contributed by atoms with van der Waals surface area (Å²) in [5.74, 6) is -0.0113. The first-order valence-corrected chi connectivity index (χ1v) is 13.6. The Hall–Kier alpha value is -4.23. The molecule has 0 saturated carbocycles. The molecule has 0 spiro atoms. The quantitative estimate of drug-likeness (QED) is 0.322. The van der Waals surface area contributed by atoms with Gasteiger partial charge in [0.15, 0.2) is 0 Å².